The largest absolute Gasteiger partial charge is 0.480 e. The zero-order chi connectivity index (χ0) is 17.7. The van der Waals surface area contributed by atoms with Gasteiger partial charge in [-0.25, -0.2) is 0 Å². The number of rotatable bonds is 9. The van der Waals surface area contributed by atoms with Crippen LogP contribution in [-0.2, 0) is 9.59 Å². The SMILES string of the molecule is NC(N)=NCCC[C@H](N)C(=O)O.O=C[C@H](O)[C@@H](O)[C@H](O)CO. The van der Waals surface area contributed by atoms with Crippen LogP contribution in [0.3, 0.4) is 0 Å². The molecular weight excluding hydrogens is 300 g/mol. The van der Waals surface area contributed by atoms with Gasteiger partial charge in [0.15, 0.2) is 12.2 Å². The highest BCUT2D eigenvalue weighted by molar-refractivity contribution is 5.75. The van der Waals surface area contributed by atoms with Crippen molar-refractivity contribution >= 4 is 18.2 Å². The van der Waals surface area contributed by atoms with Gasteiger partial charge in [-0.2, -0.15) is 0 Å². The Bertz CT molecular complexity index is 349. The fourth-order valence-electron chi connectivity index (χ4n) is 1.06. The van der Waals surface area contributed by atoms with Crippen molar-refractivity contribution in [2.45, 2.75) is 37.2 Å². The van der Waals surface area contributed by atoms with Gasteiger partial charge in [-0.3, -0.25) is 9.79 Å². The lowest BCUT2D eigenvalue weighted by Gasteiger charge is -2.16. The van der Waals surface area contributed by atoms with E-state index in [4.69, 9.17) is 42.7 Å². The predicted molar refractivity (Wildman–Crippen MR) is 76.7 cm³/mol. The molecule has 0 unspecified atom stereocenters. The van der Waals surface area contributed by atoms with Gasteiger partial charge in [-0.1, -0.05) is 0 Å². The number of carbonyl (C=O) groups excluding carboxylic acids is 1. The van der Waals surface area contributed by atoms with Gasteiger partial charge >= 0.3 is 5.97 Å². The summed E-state index contributed by atoms with van der Waals surface area (Å²) in [5.41, 5.74) is 15.3. The Hall–Kier alpha value is -1.79. The minimum Gasteiger partial charge on any atom is -0.480 e. The van der Waals surface area contributed by atoms with E-state index in [2.05, 4.69) is 4.99 Å². The quantitative estimate of drug-likeness (QED) is 0.0880. The standard InChI is InChI=1S/C6H14N4O2.C5H10O5/c7-4(5(11)12)2-1-3-10-6(8)9;6-1-3(8)5(10)4(9)2-7/h4H,1-3,7H2,(H,11,12)(H4,8,9,10);1,3-5,7-10H,2H2/t4-;3-,4+,5+/m00/s1. The average molecular weight is 324 g/mol. The van der Waals surface area contributed by atoms with Crippen molar-refractivity contribution in [3.05, 3.63) is 0 Å². The summed E-state index contributed by atoms with van der Waals surface area (Å²) in [5, 5.41) is 42.4. The molecule has 11 nitrogen and oxygen atoms in total. The number of carboxylic acid groups (broad SMARTS) is 1. The van der Waals surface area contributed by atoms with Crippen LogP contribution in [0.2, 0.25) is 0 Å². The van der Waals surface area contributed by atoms with Crippen LogP contribution in [0.25, 0.3) is 0 Å². The molecule has 11 N–H and O–H groups in total. The molecule has 130 valence electrons. The van der Waals surface area contributed by atoms with Gasteiger partial charge < -0.3 is 47.5 Å². The van der Waals surface area contributed by atoms with Crippen LogP contribution in [0, 0.1) is 0 Å². The number of guanidine groups is 1. The molecule has 11 heteroatoms. The third-order valence-electron chi connectivity index (χ3n) is 2.36. The molecule has 0 aromatic heterocycles. The first kappa shape index (κ1) is 22.5. The molecule has 0 rings (SSSR count). The van der Waals surface area contributed by atoms with Gasteiger partial charge in [-0.05, 0) is 12.8 Å². The molecule has 0 aromatic carbocycles. The van der Waals surface area contributed by atoms with Gasteiger partial charge in [0.25, 0.3) is 0 Å². The Balaban J connectivity index is 0. The Labute approximate surface area is 127 Å². The third kappa shape index (κ3) is 12.0. The van der Waals surface area contributed by atoms with Crippen molar-refractivity contribution in [3.8, 4) is 0 Å². The molecule has 0 aromatic rings. The zero-order valence-corrected chi connectivity index (χ0v) is 11.9. The van der Waals surface area contributed by atoms with E-state index in [0.29, 0.717) is 19.4 Å². The second kappa shape index (κ2) is 12.9. The minimum absolute atomic E-state index is 0.0129. The molecule has 0 radical (unpaired) electrons. The predicted octanol–water partition coefficient (Wildman–Crippen LogP) is -4.29. The number of carbonyl (C=O) groups is 2. The maximum atomic E-state index is 10.2. The summed E-state index contributed by atoms with van der Waals surface area (Å²) in [6.45, 7) is -0.268. The van der Waals surface area contributed by atoms with Crippen molar-refractivity contribution in [2.75, 3.05) is 13.2 Å². The maximum Gasteiger partial charge on any atom is 0.320 e. The zero-order valence-electron chi connectivity index (χ0n) is 11.9. The molecule has 0 aliphatic rings. The van der Waals surface area contributed by atoms with E-state index < -0.39 is 36.9 Å². The summed E-state index contributed by atoms with van der Waals surface area (Å²) in [5.74, 6) is -0.987. The fraction of sp³-hybridized carbons (Fsp3) is 0.727. The fourth-order valence-corrected chi connectivity index (χ4v) is 1.06. The summed E-state index contributed by atoms with van der Waals surface area (Å²) >= 11 is 0. The highest BCUT2D eigenvalue weighted by Gasteiger charge is 2.22. The number of aldehydes is 1. The van der Waals surface area contributed by atoms with Crippen LogP contribution in [0.5, 0.6) is 0 Å². The van der Waals surface area contributed by atoms with Gasteiger partial charge in [0.1, 0.15) is 24.4 Å². The molecule has 0 heterocycles. The van der Waals surface area contributed by atoms with Crippen LogP contribution < -0.4 is 17.2 Å². The third-order valence-corrected chi connectivity index (χ3v) is 2.36. The van der Waals surface area contributed by atoms with Gasteiger partial charge in [0.2, 0.25) is 0 Å². The van der Waals surface area contributed by atoms with Crippen LogP contribution in [0.4, 0.5) is 0 Å². The summed E-state index contributed by atoms with van der Waals surface area (Å²) < 4.78 is 0. The number of aliphatic hydroxyl groups excluding tert-OH is 4. The highest BCUT2D eigenvalue weighted by atomic mass is 16.4. The summed E-state index contributed by atoms with van der Waals surface area (Å²) in [4.78, 5) is 23.7. The molecule has 0 saturated heterocycles. The van der Waals surface area contributed by atoms with E-state index in [-0.39, 0.29) is 12.2 Å². The molecule has 0 bridgehead atoms. The van der Waals surface area contributed by atoms with Gasteiger partial charge in [0, 0.05) is 6.54 Å². The molecule has 0 spiro atoms. The number of aliphatic carboxylic acids is 1. The Morgan fingerprint density at radius 3 is 2.14 bits per heavy atom. The van der Waals surface area contributed by atoms with Crippen molar-refractivity contribution in [1.29, 1.82) is 0 Å². The molecular formula is C11H24N4O7. The molecule has 4 atom stereocenters. The van der Waals surface area contributed by atoms with Crippen molar-refractivity contribution in [2.24, 2.45) is 22.2 Å². The van der Waals surface area contributed by atoms with E-state index in [9.17, 15) is 9.59 Å². The molecule has 0 fully saturated rings. The molecule has 0 aliphatic carbocycles. The smallest absolute Gasteiger partial charge is 0.320 e. The normalized spacial score (nSPS) is 15.5. The first-order chi connectivity index (χ1) is 10.2. The topological polar surface area (TPSA) is 226 Å². The molecule has 0 aliphatic heterocycles. The van der Waals surface area contributed by atoms with E-state index >= 15 is 0 Å². The maximum absolute atomic E-state index is 10.2. The van der Waals surface area contributed by atoms with E-state index in [1.807, 2.05) is 0 Å². The number of carboxylic acids is 1. The second-order valence-electron chi connectivity index (χ2n) is 4.26. The molecule has 0 amide bonds. The highest BCUT2D eigenvalue weighted by Crippen LogP contribution is 1.96. The number of hydrogen-bond acceptors (Lipinski definition) is 8. The Morgan fingerprint density at radius 1 is 1.23 bits per heavy atom. The summed E-state index contributed by atoms with van der Waals surface area (Å²) in [7, 11) is 0. The number of nitrogens with two attached hydrogens (primary N) is 3. The second-order valence-corrected chi connectivity index (χ2v) is 4.26. The lowest BCUT2D eigenvalue weighted by atomic mass is 10.1. The number of nitrogens with zero attached hydrogens (tertiary/aromatic N) is 1. The van der Waals surface area contributed by atoms with E-state index in [1.165, 1.54) is 0 Å². The lowest BCUT2D eigenvalue weighted by molar-refractivity contribution is -0.138. The van der Waals surface area contributed by atoms with Gasteiger partial charge in [-0.15, -0.1) is 0 Å². The Morgan fingerprint density at radius 2 is 1.77 bits per heavy atom. The Kier molecular flexibility index (Phi) is 13.2. The average Bonchev–Trinajstić information content (AvgIpc) is 2.49. The molecule has 22 heavy (non-hydrogen) atoms. The van der Waals surface area contributed by atoms with E-state index in [0.717, 1.165) is 0 Å². The molecule has 0 saturated carbocycles. The number of hydrogen-bond donors (Lipinski definition) is 8. The van der Waals surface area contributed by atoms with E-state index in [1.54, 1.807) is 0 Å². The summed E-state index contributed by atoms with van der Waals surface area (Å²) in [6, 6.07) is -0.820. The van der Waals surface area contributed by atoms with Crippen molar-refractivity contribution in [1.82, 2.24) is 0 Å². The van der Waals surface area contributed by atoms with Crippen molar-refractivity contribution in [3.63, 3.8) is 0 Å². The number of aliphatic hydroxyl groups is 4. The van der Waals surface area contributed by atoms with Crippen LogP contribution >= 0.6 is 0 Å². The van der Waals surface area contributed by atoms with Crippen molar-refractivity contribution < 1.29 is 35.1 Å². The summed E-state index contributed by atoms with van der Waals surface area (Å²) in [6.07, 6.45) is -3.68. The first-order valence-electron chi connectivity index (χ1n) is 6.31. The monoisotopic (exact) mass is 324 g/mol. The van der Waals surface area contributed by atoms with Crippen LogP contribution in [0.1, 0.15) is 12.8 Å². The number of aliphatic imine (C=N–C) groups is 1. The van der Waals surface area contributed by atoms with Gasteiger partial charge in [0.05, 0.1) is 6.61 Å². The van der Waals surface area contributed by atoms with Crippen LogP contribution in [-0.4, -0.2) is 81.3 Å². The minimum atomic E-state index is -1.64. The lowest BCUT2D eigenvalue weighted by Crippen LogP contribution is -2.40. The first-order valence-corrected chi connectivity index (χ1v) is 6.31. The van der Waals surface area contributed by atoms with Crippen LogP contribution in [0.15, 0.2) is 4.99 Å².